The molecule has 0 unspecified atom stereocenters. The fourth-order valence-electron chi connectivity index (χ4n) is 3.45. The summed E-state index contributed by atoms with van der Waals surface area (Å²) in [5.41, 5.74) is -0.129. The van der Waals surface area contributed by atoms with Crippen LogP contribution in [0.2, 0.25) is 0 Å². The number of amides is 5. The summed E-state index contributed by atoms with van der Waals surface area (Å²) in [6.45, 7) is 0.532. The van der Waals surface area contributed by atoms with E-state index in [0.717, 1.165) is 11.0 Å². The molecule has 1 aliphatic carbocycles. The van der Waals surface area contributed by atoms with Crippen LogP contribution in [-0.2, 0) is 23.9 Å². The number of nitrogens with zero attached hydrogens (tertiary/aromatic N) is 1. The summed E-state index contributed by atoms with van der Waals surface area (Å²) in [5, 5.41) is 4.04. The number of likely N-dealkylation sites (tertiary alicyclic amines) is 1. The van der Waals surface area contributed by atoms with Crippen molar-refractivity contribution in [2.24, 2.45) is 11.8 Å². The van der Waals surface area contributed by atoms with Crippen molar-refractivity contribution in [2.45, 2.75) is 25.8 Å². The molecule has 1 saturated heterocycles. The van der Waals surface area contributed by atoms with Crippen LogP contribution >= 0.6 is 0 Å². The molecule has 3 rings (SSSR count). The van der Waals surface area contributed by atoms with Gasteiger partial charge in [0.25, 0.3) is 5.91 Å². The summed E-state index contributed by atoms with van der Waals surface area (Å²) in [6.07, 6.45) is 4.53. The maximum atomic E-state index is 13.5. The highest BCUT2D eigenvalue weighted by atomic mass is 19.1. The number of rotatable bonds is 5. The van der Waals surface area contributed by atoms with Gasteiger partial charge in [0.15, 0.2) is 6.61 Å². The van der Waals surface area contributed by atoms with Crippen molar-refractivity contribution in [3.8, 4) is 0 Å². The number of halogens is 1. The number of carbonyl (C=O) groups is 5. The molecule has 3 atom stereocenters. The molecule has 2 N–H and O–H groups in total. The minimum Gasteiger partial charge on any atom is -0.454 e. The molecule has 1 fully saturated rings. The van der Waals surface area contributed by atoms with E-state index in [1.54, 1.807) is 0 Å². The number of hydrogen-bond acceptors (Lipinski definition) is 6. The maximum Gasteiger partial charge on any atom is 0.329 e. The zero-order valence-electron chi connectivity index (χ0n) is 16.1. The van der Waals surface area contributed by atoms with Crippen molar-refractivity contribution in [3.05, 3.63) is 42.2 Å². The van der Waals surface area contributed by atoms with Gasteiger partial charge in [-0.1, -0.05) is 24.3 Å². The van der Waals surface area contributed by atoms with Crippen LogP contribution in [-0.4, -0.2) is 47.3 Å². The Balaban J connectivity index is 1.49. The summed E-state index contributed by atoms with van der Waals surface area (Å²) in [5.74, 6) is -4.43. The molecular weight excluding hydrogens is 397 g/mol. The molecule has 1 heterocycles. The lowest BCUT2D eigenvalue weighted by Crippen LogP contribution is -2.45. The van der Waals surface area contributed by atoms with Crippen LogP contribution in [0.15, 0.2) is 36.4 Å². The molecule has 1 aromatic carbocycles. The van der Waals surface area contributed by atoms with Gasteiger partial charge in [-0.3, -0.25) is 24.6 Å². The fraction of sp³-hybridized carbons (Fsp3) is 0.350. The average Bonchev–Trinajstić information content (AvgIpc) is 2.98. The number of urea groups is 1. The lowest BCUT2D eigenvalue weighted by Gasteiger charge is -2.21. The number of para-hydroxylation sites is 1. The summed E-state index contributed by atoms with van der Waals surface area (Å²) >= 11 is 0. The SMILES string of the molecule is C[C@@H](C(=O)OCC(=O)NC(=O)Nc1ccccc1F)N1C(=O)[C@H]2CC=CC[C@@H]2C1=O. The highest BCUT2D eigenvalue weighted by Crippen LogP contribution is 2.36. The molecule has 5 amide bonds. The maximum absolute atomic E-state index is 13.5. The van der Waals surface area contributed by atoms with Crippen LogP contribution in [0.1, 0.15) is 19.8 Å². The first-order valence-corrected chi connectivity index (χ1v) is 9.33. The van der Waals surface area contributed by atoms with Crippen LogP contribution in [0.25, 0.3) is 0 Å². The second-order valence-corrected chi connectivity index (χ2v) is 6.97. The molecule has 158 valence electrons. The number of fused-ring (bicyclic) bond motifs is 1. The van der Waals surface area contributed by atoms with Crippen LogP contribution in [0, 0.1) is 17.7 Å². The van der Waals surface area contributed by atoms with Gasteiger partial charge in [0.2, 0.25) is 11.8 Å². The predicted molar refractivity (Wildman–Crippen MR) is 101 cm³/mol. The van der Waals surface area contributed by atoms with Gasteiger partial charge in [0.05, 0.1) is 17.5 Å². The highest BCUT2D eigenvalue weighted by molar-refractivity contribution is 6.08. The molecule has 10 heteroatoms. The standard InChI is InChI=1S/C20H20FN3O6/c1-11(24-17(26)12-6-2-3-7-13(12)18(24)27)19(28)30-10-16(25)23-20(29)22-15-9-5-4-8-14(15)21/h2-5,8-9,11-13H,6-7,10H2,1H3,(H2,22,23,25,29)/t11-,12-,13-/m0/s1. The molecule has 0 radical (unpaired) electrons. The lowest BCUT2D eigenvalue weighted by molar-refractivity contribution is -0.159. The van der Waals surface area contributed by atoms with Gasteiger partial charge < -0.3 is 10.1 Å². The summed E-state index contributed by atoms with van der Waals surface area (Å²) < 4.78 is 18.3. The molecule has 2 aliphatic rings. The fourth-order valence-corrected chi connectivity index (χ4v) is 3.45. The number of carbonyl (C=O) groups excluding carboxylic acids is 5. The summed E-state index contributed by atoms with van der Waals surface area (Å²) in [4.78, 5) is 61.6. The number of benzene rings is 1. The Kier molecular flexibility index (Phi) is 6.24. The lowest BCUT2D eigenvalue weighted by atomic mass is 9.85. The quantitative estimate of drug-likeness (QED) is 0.424. The first-order chi connectivity index (χ1) is 14.3. The molecule has 1 aromatic rings. The van der Waals surface area contributed by atoms with E-state index in [0.29, 0.717) is 12.8 Å². The molecule has 0 bridgehead atoms. The van der Waals surface area contributed by atoms with Crippen LogP contribution in [0.3, 0.4) is 0 Å². The summed E-state index contributed by atoms with van der Waals surface area (Å²) in [6, 6.07) is 3.17. The number of hydrogen-bond donors (Lipinski definition) is 2. The number of nitrogens with one attached hydrogen (secondary N) is 2. The van der Waals surface area contributed by atoms with Gasteiger partial charge in [-0.05, 0) is 31.9 Å². The number of anilines is 1. The molecule has 1 aliphatic heterocycles. The zero-order valence-corrected chi connectivity index (χ0v) is 16.1. The van der Waals surface area contributed by atoms with Gasteiger partial charge in [0.1, 0.15) is 11.9 Å². The van der Waals surface area contributed by atoms with Crippen molar-refractivity contribution in [1.29, 1.82) is 0 Å². The van der Waals surface area contributed by atoms with Crippen LogP contribution in [0.5, 0.6) is 0 Å². The van der Waals surface area contributed by atoms with Gasteiger partial charge in [0, 0.05) is 0 Å². The Morgan fingerprint density at radius 2 is 1.73 bits per heavy atom. The van der Waals surface area contributed by atoms with Crippen LogP contribution < -0.4 is 10.6 Å². The third kappa shape index (κ3) is 4.37. The van der Waals surface area contributed by atoms with Gasteiger partial charge in [-0.15, -0.1) is 0 Å². The van der Waals surface area contributed by atoms with Crippen molar-refractivity contribution in [3.63, 3.8) is 0 Å². The smallest absolute Gasteiger partial charge is 0.329 e. The first-order valence-electron chi connectivity index (χ1n) is 9.33. The van der Waals surface area contributed by atoms with Gasteiger partial charge in [-0.25, -0.2) is 14.0 Å². The Labute approximate surface area is 171 Å². The van der Waals surface area contributed by atoms with Crippen molar-refractivity contribution < 1.29 is 33.1 Å². The Bertz CT molecular complexity index is 905. The van der Waals surface area contributed by atoms with Crippen molar-refractivity contribution in [1.82, 2.24) is 10.2 Å². The molecular formula is C20H20FN3O6. The molecule has 0 spiro atoms. The molecule has 0 saturated carbocycles. The van der Waals surface area contributed by atoms with E-state index in [4.69, 9.17) is 4.74 Å². The minimum atomic E-state index is -1.20. The van der Waals surface area contributed by atoms with E-state index in [-0.39, 0.29) is 5.69 Å². The topological polar surface area (TPSA) is 122 Å². The van der Waals surface area contributed by atoms with E-state index < -0.39 is 60.0 Å². The van der Waals surface area contributed by atoms with E-state index in [1.807, 2.05) is 17.5 Å². The second kappa shape index (κ2) is 8.85. The number of esters is 1. The normalized spacial score (nSPS) is 21.1. The van der Waals surface area contributed by atoms with Crippen molar-refractivity contribution >= 4 is 35.4 Å². The van der Waals surface area contributed by atoms with E-state index in [9.17, 15) is 28.4 Å². The highest BCUT2D eigenvalue weighted by Gasteiger charge is 2.50. The average molecular weight is 417 g/mol. The second-order valence-electron chi connectivity index (χ2n) is 6.97. The minimum absolute atomic E-state index is 0.129. The van der Waals surface area contributed by atoms with E-state index >= 15 is 0 Å². The number of imide groups is 2. The Morgan fingerprint density at radius 3 is 2.33 bits per heavy atom. The van der Waals surface area contributed by atoms with Gasteiger partial charge >= 0.3 is 12.0 Å². The third-order valence-electron chi connectivity index (χ3n) is 4.99. The zero-order chi connectivity index (χ0) is 21.8. The Hall–Kier alpha value is -3.56. The number of ether oxygens (including phenoxy) is 1. The monoisotopic (exact) mass is 417 g/mol. The molecule has 9 nitrogen and oxygen atoms in total. The van der Waals surface area contributed by atoms with Crippen molar-refractivity contribution in [2.75, 3.05) is 11.9 Å². The largest absolute Gasteiger partial charge is 0.454 e. The van der Waals surface area contributed by atoms with E-state index in [2.05, 4.69) is 5.32 Å². The van der Waals surface area contributed by atoms with E-state index in [1.165, 1.54) is 25.1 Å². The van der Waals surface area contributed by atoms with Crippen LogP contribution in [0.4, 0.5) is 14.9 Å². The molecule has 30 heavy (non-hydrogen) atoms. The van der Waals surface area contributed by atoms with Gasteiger partial charge in [-0.2, -0.15) is 0 Å². The molecule has 0 aromatic heterocycles. The Morgan fingerprint density at radius 1 is 1.13 bits per heavy atom. The predicted octanol–water partition coefficient (Wildman–Crippen LogP) is 1.36. The number of allylic oxidation sites excluding steroid dienone is 2. The summed E-state index contributed by atoms with van der Waals surface area (Å²) in [7, 11) is 0. The first kappa shape index (κ1) is 21.2. The third-order valence-corrected chi connectivity index (χ3v) is 4.99.